The Balaban J connectivity index is 1.49. The van der Waals surface area contributed by atoms with Crippen molar-refractivity contribution in [3.05, 3.63) is 42.0 Å². The van der Waals surface area contributed by atoms with Gasteiger partial charge < -0.3 is 10.0 Å². The zero-order chi connectivity index (χ0) is 15.2. The number of rotatable bonds is 6. The molecule has 120 valence electrons. The molecule has 2 aliphatic rings. The topological polar surface area (TPSA) is 26.7 Å². The Morgan fingerprint density at radius 3 is 2.45 bits per heavy atom. The van der Waals surface area contributed by atoms with Gasteiger partial charge in [-0.3, -0.25) is 4.90 Å². The summed E-state index contributed by atoms with van der Waals surface area (Å²) in [6.45, 7) is 7.16. The number of hydrogen-bond donors (Lipinski definition) is 1. The fourth-order valence-corrected chi connectivity index (χ4v) is 3.80. The van der Waals surface area contributed by atoms with E-state index in [0.717, 1.165) is 19.6 Å². The molecule has 0 aromatic heterocycles. The maximum absolute atomic E-state index is 9.67. The van der Waals surface area contributed by atoms with Gasteiger partial charge in [0.05, 0.1) is 0 Å². The van der Waals surface area contributed by atoms with Gasteiger partial charge in [0.25, 0.3) is 0 Å². The van der Waals surface area contributed by atoms with E-state index in [4.69, 9.17) is 0 Å². The zero-order valence-electron chi connectivity index (χ0n) is 13.4. The van der Waals surface area contributed by atoms with Crippen molar-refractivity contribution in [1.82, 2.24) is 9.80 Å². The molecule has 0 aliphatic carbocycles. The molecular weight excluding hydrogens is 272 g/mol. The van der Waals surface area contributed by atoms with Crippen LogP contribution >= 0.6 is 0 Å². The first kappa shape index (κ1) is 15.7. The van der Waals surface area contributed by atoms with E-state index in [-0.39, 0.29) is 0 Å². The average molecular weight is 300 g/mol. The Hall–Kier alpha value is -1.16. The van der Waals surface area contributed by atoms with Crippen LogP contribution in [0.2, 0.25) is 0 Å². The molecule has 22 heavy (non-hydrogen) atoms. The molecule has 2 aliphatic heterocycles. The molecule has 3 rings (SSSR count). The van der Waals surface area contributed by atoms with Crippen LogP contribution < -0.4 is 0 Å². The third-order valence-electron chi connectivity index (χ3n) is 5.05. The van der Waals surface area contributed by atoms with Crippen LogP contribution in [0.3, 0.4) is 0 Å². The van der Waals surface area contributed by atoms with E-state index >= 15 is 0 Å². The summed E-state index contributed by atoms with van der Waals surface area (Å²) in [5, 5.41) is 9.67. The highest BCUT2D eigenvalue weighted by molar-refractivity contribution is 5.48. The van der Waals surface area contributed by atoms with Crippen LogP contribution in [0, 0.1) is 11.8 Å². The maximum atomic E-state index is 9.67. The van der Waals surface area contributed by atoms with Crippen molar-refractivity contribution in [2.24, 2.45) is 11.8 Å². The van der Waals surface area contributed by atoms with Crippen molar-refractivity contribution < 1.29 is 5.11 Å². The van der Waals surface area contributed by atoms with Crippen LogP contribution in [0.5, 0.6) is 0 Å². The van der Waals surface area contributed by atoms with Crippen molar-refractivity contribution in [3.8, 4) is 0 Å². The normalized spacial score (nSPS) is 27.1. The molecule has 0 amide bonds. The molecule has 1 N–H and O–H groups in total. The summed E-state index contributed by atoms with van der Waals surface area (Å²) in [4.78, 5) is 5.07. The predicted octanol–water partition coefficient (Wildman–Crippen LogP) is 2.34. The van der Waals surface area contributed by atoms with Crippen molar-refractivity contribution >= 4 is 6.08 Å². The van der Waals surface area contributed by atoms with Crippen LogP contribution in [0.15, 0.2) is 36.4 Å². The number of nitrogens with zero attached hydrogens (tertiary/aromatic N) is 2. The van der Waals surface area contributed by atoms with Crippen LogP contribution in [-0.4, -0.2) is 60.8 Å². The Kier molecular flexibility index (Phi) is 5.65. The van der Waals surface area contributed by atoms with Gasteiger partial charge in [0.2, 0.25) is 0 Å². The minimum absolute atomic E-state index is 0.331. The average Bonchev–Trinajstić information content (AvgIpc) is 3.18. The summed E-state index contributed by atoms with van der Waals surface area (Å²) in [5.41, 5.74) is 1.26. The number of likely N-dealkylation sites (tertiary alicyclic amines) is 2. The Morgan fingerprint density at radius 2 is 1.73 bits per heavy atom. The van der Waals surface area contributed by atoms with Crippen molar-refractivity contribution in [2.45, 2.75) is 12.8 Å². The molecule has 1 aromatic carbocycles. The van der Waals surface area contributed by atoms with Crippen LogP contribution in [0.25, 0.3) is 6.08 Å². The lowest BCUT2D eigenvalue weighted by atomic mass is 9.96. The summed E-state index contributed by atoms with van der Waals surface area (Å²) in [6, 6.07) is 10.5. The molecule has 1 aromatic rings. The number of aliphatic hydroxyl groups excluding tert-OH is 1. The number of benzene rings is 1. The smallest absolute Gasteiger partial charge is 0.0475 e. The van der Waals surface area contributed by atoms with Crippen LogP contribution in [0.4, 0.5) is 0 Å². The standard InChI is InChI=1S/C19H28N2O/c22-16-19-15-21(12-6-9-17-7-2-1-3-8-17)14-18(19)13-20-10-4-5-11-20/h1-3,6-9,18-19,22H,4-5,10-16H2/b9-6+/t18-,19-/m1/s1. The number of aliphatic hydroxyl groups is 1. The molecule has 3 nitrogen and oxygen atoms in total. The van der Waals surface area contributed by atoms with Gasteiger partial charge in [0.1, 0.15) is 0 Å². The summed E-state index contributed by atoms with van der Waals surface area (Å²) in [6.07, 6.45) is 7.14. The molecular formula is C19H28N2O. The lowest BCUT2D eigenvalue weighted by Gasteiger charge is -2.23. The van der Waals surface area contributed by atoms with Gasteiger partial charge in [0.15, 0.2) is 0 Å². The van der Waals surface area contributed by atoms with E-state index in [0.29, 0.717) is 18.4 Å². The Labute approximate surface area is 134 Å². The van der Waals surface area contributed by atoms with Gasteiger partial charge in [-0.05, 0) is 43.3 Å². The summed E-state index contributed by atoms with van der Waals surface area (Å²) >= 11 is 0. The van der Waals surface area contributed by atoms with E-state index in [1.165, 1.54) is 38.0 Å². The summed E-state index contributed by atoms with van der Waals surface area (Å²) in [7, 11) is 0. The van der Waals surface area contributed by atoms with E-state index in [9.17, 15) is 5.11 Å². The first-order valence-electron chi connectivity index (χ1n) is 8.62. The Bertz CT molecular complexity index is 468. The van der Waals surface area contributed by atoms with Gasteiger partial charge in [-0.2, -0.15) is 0 Å². The molecule has 2 saturated heterocycles. The fraction of sp³-hybridized carbons (Fsp3) is 0.579. The lowest BCUT2D eigenvalue weighted by Crippen LogP contribution is -2.31. The van der Waals surface area contributed by atoms with Gasteiger partial charge >= 0.3 is 0 Å². The van der Waals surface area contributed by atoms with E-state index < -0.39 is 0 Å². The van der Waals surface area contributed by atoms with Gasteiger partial charge in [-0.25, -0.2) is 0 Å². The molecule has 0 saturated carbocycles. The van der Waals surface area contributed by atoms with E-state index in [2.05, 4.69) is 46.2 Å². The third kappa shape index (κ3) is 4.19. The first-order chi connectivity index (χ1) is 10.8. The summed E-state index contributed by atoms with van der Waals surface area (Å²) in [5.74, 6) is 1.08. The minimum Gasteiger partial charge on any atom is -0.396 e. The SMILES string of the molecule is OC[C@H]1CN(C/C=C/c2ccccc2)C[C@H]1CN1CCCC1. The predicted molar refractivity (Wildman–Crippen MR) is 91.7 cm³/mol. The van der Waals surface area contributed by atoms with Crippen molar-refractivity contribution in [3.63, 3.8) is 0 Å². The largest absolute Gasteiger partial charge is 0.396 e. The van der Waals surface area contributed by atoms with Gasteiger partial charge in [-0.15, -0.1) is 0 Å². The first-order valence-corrected chi connectivity index (χ1v) is 8.62. The Morgan fingerprint density at radius 1 is 1.00 bits per heavy atom. The highest BCUT2D eigenvalue weighted by atomic mass is 16.3. The second kappa shape index (κ2) is 7.91. The molecule has 0 unspecified atom stereocenters. The van der Waals surface area contributed by atoms with E-state index in [1.54, 1.807) is 0 Å². The molecule has 2 fully saturated rings. The monoisotopic (exact) mass is 300 g/mol. The summed E-state index contributed by atoms with van der Waals surface area (Å²) < 4.78 is 0. The molecule has 0 radical (unpaired) electrons. The fourth-order valence-electron chi connectivity index (χ4n) is 3.80. The number of hydrogen-bond acceptors (Lipinski definition) is 3. The quantitative estimate of drug-likeness (QED) is 0.873. The lowest BCUT2D eigenvalue weighted by molar-refractivity contribution is 0.175. The minimum atomic E-state index is 0.331. The van der Waals surface area contributed by atoms with Gasteiger partial charge in [-0.1, -0.05) is 42.5 Å². The molecule has 0 bridgehead atoms. The zero-order valence-corrected chi connectivity index (χ0v) is 13.4. The van der Waals surface area contributed by atoms with Crippen molar-refractivity contribution in [1.29, 1.82) is 0 Å². The molecule has 3 heteroatoms. The second-order valence-corrected chi connectivity index (χ2v) is 6.74. The second-order valence-electron chi connectivity index (χ2n) is 6.74. The molecule has 2 atom stereocenters. The van der Waals surface area contributed by atoms with E-state index in [1.807, 2.05) is 6.07 Å². The van der Waals surface area contributed by atoms with Gasteiger partial charge in [0, 0.05) is 32.8 Å². The third-order valence-corrected chi connectivity index (χ3v) is 5.05. The van der Waals surface area contributed by atoms with Crippen LogP contribution in [-0.2, 0) is 0 Å². The maximum Gasteiger partial charge on any atom is 0.0475 e. The van der Waals surface area contributed by atoms with Crippen molar-refractivity contribution in [2.75, 3.05) is 45.9 Å². The molecule has 0 spiro atoms. The van der Waals surface area contributed by atoms with Crippen LogP contribution in [0.1, 0.15) is 18.4 Å². The highest BCUT2D eigenvalue weighted by Gasteiger charge is 2.33. The molecule has 2 heterocycles. The highest BCUT2D eigenvalue weighted by Crippen LogP contribution is 2.25.